The second-order valence-electron chi connectivity index (χ2n) is 6.08. The van der Waals surface area contributed by atoms with Crippen LogP contribution in [-0.4, -0.2) is 30.1 Å². The lowest BCUT2D eigenvalue weighted by Gasteiger charge is -2.36. The third-order valence-corrected chi connectivity index (χ3v) is 4.75. The molecule has 4 heteroatoms. The third-order valence-electron chi connectivity index (χ3n) is 4.75. The van der Waals surface area contributed by atoms with Crippen LogP contribution >= 0.6 is 0 Å². The van der Waals surface area contributed by atoms with E-state index in [4.69, 9.17) is 0 Å². The normalized spacial score (nSPS) is 28.4. The van der Waals surface area contributed by atoms with Crippen LogP contribution in [0.2, 0.25) is 0 Å². The number of fused-ring (bicyclic) bond motifs is 1. The molecule has 3 unspecified atom stereocenters. The van der Waals surface area contributed by atoms with Gasteiger partial charge in [0.05, 0.1) is 0 Å². The van der Waals surface area contributed by atoms with Crippen molar-refractivity contribution in [3.05, 3.63) is 35.4 Å². The van der Waals surface area contributed by atoms with Crippen LogP contribution in [0.1, 0.15) is 44.2 Å². The molecule has 2 saturated heterocycles. The van der Waals surface area contributed by atoms with Gasteiger partial charge in [0.1, 0.15) is 0 Å². The van der Waals surface area contributed by atoms with Crippen LogP contribution < -0.4 is 5.32 Å². The maximum absolute atomic E-state index is 13.8. The monoisotopic (exact) mass is 280 g/mol. The number of halogens is 2. The molecule has 1 aromatic carbocycles. The number of piperidine rings is 1. The highest BCUT2D eigenvalue weighted by atomic mass is 19.2. The highest BCUT2D eigenvalue weighted by molar-refractivity contribution is 5.22. The zero-order valence-corrected chi connectivity index (χ0v) is 11.9. The van der Waals surface area contributed by atoms with Crippen LogP contribution in [0.3, 0.4) is 0 Å². The molecule has 3 atom stereocenters. The minimum absolute atomic E-state index is 0.149. The number of nitrogens with one attached hydrogen (secondary N) is 1. The van der Waals surface area contributed by atoms with Crippen molar-refractivity contribution < 1.29 is 8.78 Å². The Morgan fingerprint density at radius 2 is 2.10 bits per heavy atom. The minimum atomic E-state index is -0.762. The summed E-state index contributed by atoms with van der Waals surface area (Å²) in [5.74, 6) is -1.48. The van der Waals surface area contributed by atoms with E-state index in [1.54, 1.807) is 12.1 Å². The highest BCUT2D eigenvalue weighted by Gasteiger charge is 2.32. The molecular formula is C16H22F2N2. The summed E-state index contributed by atoms with van der Waals surface area (Å²) in [5, 5.41) is 3.48. The summed E-state index contributed by atoms with van der Waals surface area (Å²) in [4.78, 5) is 2.56. The molecule has 2 heterocycles. The zero-order valence-electron chi connectivity index (χ0n) is 11.9. The van der Waals surface area contributed by atoms with Crippen LogP contribution in [0.15, 0.2) is 18.2 Å². The Morgan fingerprint density at radius 1 is 1.25 bits per heavy atom. The predicted octanol–water partition coefficient (Wildman–Crippen LogP) is 3.24. The summed E-state index contributed by atoms with van der Waals surface area (Å²) in [6.07, 6.45) is 4.80. The van der Waals surface area contributed by atoms with E-state index < -0.39 is 11.6 Å². The fraction of sp³-hybridized carbons (Fsp3) is 0.625. The number of hydrogen-bond donors (Lipinski definition) is 1. The molecular weight excluding hydrogens is 258 g/mol. The lowest BCUT2D eigenvalue weighted by Crippen LogP contribution is -2.46. The highest BCUT2D eigenvalue weighted by Crippen LogP contribution is 2.28. The molecule has 3 rings (SSSR count). The van der Waals surface area contributed by atoms with Gasteiger partial charge in [-0.1, -0.05) is 12.1 Å². The molecule has 0 aliphatic carbocycles. The van der Waals surface area contributed by atoms with Gasteiger partial charge in [-0.3, -0.25) is 0 Å². The summed E-state index contributed by atoms with van der Waals surface area (Å²) in [7, 11) is 0. The van der Waals surface area contributed by atoms with Crippen molar-refractivity contribution >= 4 is 0 Å². The van der Waals surface area contributed by atoms with E-state index in [0.29, 0.717) is 17.6 Å². The Kier molecular flexibility index (Phi) is 4.03. The predicted molar refractivity (Wildman–Crippen MR) is 75.5 cm³/mol. The van der Waals surface area contributed by atoms with Crippen molar-refractivity contribution in [3.63, 3.8) is 0 Å². The average Bonchev–Trinajstić information content (AvgIpc) is 2.89. The molecule has 1 N–H and O–H groups in total. The van der Waals surface area contributed by atoms with E-state index in [0.717, 1.165) is 19.4 Å². The largest absolute Gasteiger partial charge is 0.307 e. The van der Waals surface area contributed by atoms with E-state index in [1.807, 2.05) is 6.92 Å². The Bertz CT molecular complexity index is 478. The second kappa shape index (κ2) is 5.78. The third kappa shape index (κ3) is 2.72. The SMILES string of the molecule is CC(NC1CCN2CCCC2C1)c1cccc(F)c1F. The second-order valence-corrected chi connectivity index (χ2v) is 6.08. The summed E-state index contributed by atoms with van der Waals surface area (Å²) < 4.78 is 27.1. The van der Waals surface area contributed by atoms with E-state index in [2.05, 4.69) is 10.2 Å². The fourth-order valence-electron chi connectivity index (χ4n) is 3.67. The average molecular weight is 280 g/mol. The van der Waals surface area contributed by atoms with Gasteiger partial charge in [-0.15, -0.1) is 0 Å². The van der Waals surface area contributed by atoms with Gasteiger partial charge in [0.2, 0.25) is 0 Å². The smallest absolute Gasteiger partial charge is 0.163 e. The fourth-order valence-corrected chi connectivity index (χ4v) is 3.67. The molecule has 0 saturated carbocycles. The molecule has 2 nitrogen and oxygen atoms in total. The molecule has 110 valence electrons. The van der Waals surface area contributed by atoms with E-state index in [-0.39, 0.29) is 6.04 Å². The maximum atomic E-state index is 13.8. The first-order chi connectivity index (χ1) is 9.65. The van der Waals surface area contributed by atoms with Crippen LogP contribution in [0.25, 0.3) is 0 Å². The molecule has 0 bridgehead atoms. The van der Waals surface area contributed by atoms with Gasteiger partial charge in [0.25, 0.3) is 0 Å². The topological polar surface area (TPSA) is 15.3 Å². The summed E-state index contributed by atoms with van der Waals surface area (Å²) in [6.45, 7) is 4.27. The molecule has 20 heavy (non-hydrogen) atoms. The van der Waals surface area contributed by atoms with Crippen molar-refractivity contribution in [2.45, 2.75) is 50.7 Å². The molecule has 0 spiro atoms. The zero-order chi connectivity index (χ0) is 14.1. The van der Waals surface area contributed by atoms with Gasteiger partial charge in [-0.25, -0.2) is 8.78 Å². The standard InChI is InChI=1S/C16H22F2N2/c1-11(14-5-2-6-15(17)16(14)18)19-12-7-9-20-8-3-4-13(20)10-12/h2,5-6,11-13,19H,3-4,7-10H2,1H3. The number of benzene rings is 1. The Hall–Kier alpha value is -1.00. The van der Waals surface area contributed by atoms with Crippen molar-refractivity contribution in [2.24, 2.45) is 0 Å². The number of rotatable bonds is 3. The molecule has 2 fully saturated rings. The molecule has 0 radical (unpaired) electrons. The Balaban J connectivity index is 1.64. The first-order valence-corrected chi connectivity index (χ1v) is 7.59. The van der Waals surface area contributed by atoms with Crippen LogP contribution in [0.5, 0.6) is 0 Å². The van der Waals surface area contributed by atoms with Crippen molar-refractivity contribution in [3.8, 4) is 0 Å². The van der Waals surface area contributed by atoms with Crippen LogP contribution in [0, 0.1) is 11.6 Å². The quantitative estimate of drug-likeness (QED) is 0.914. The number of nitrogens with zero attached hydrogens (tertiary/aromatic N) is 1. The van der Waals surface area contributed by atoms with Gasteiger partial charge in [-0.2, -0.15) is 0 Å². The van der Waals surface area contributed by atoms with E-state index in [9.17, 15) is 8.78 Å². The van der Waals surface area contributed by atoms with Gasteiger partial charge >= 0.3 is 0 Å². The van der Waals surface area contributed by atoms with E-state index >= 15 is 0 Å². The number of hydrogen-bond acceptors (Lipinski definition) is 2. The van der Waals surface area contributed by atoms with Gasteiger partial charge in [-0.05, 0) is 51.8 Å². The molecule has 1 aromatic rings. The van der Waals surface area contributed by atoms with Crippen molar-refractivity contribution in [2.75, 3.05) is 13.1 Å². The van der Waals surface area contributed by atoms with Gasteiger partial charge in [0.15, 0.2) is 11.6 Å². The molecule has 2 aliphatic rings. The Morgan fingerprint density at radius 3 is 2.95 bits per heavy atom. The van der Waals surface area contributed by atoms with Gasteiger partial charge in [0, 0.05) is 23.7 Å². The summed E-state index contributed by atoms with van der Waals surface area (Å²) in [6, 6.07) is 5.36. The van der Waals surface area contributed by atoms with Crippen molar-refractivity contribution in [1.29, 1.82) is 0 Å². The summed E-state index contributed by atoms with van der Waals surface area (Å²) in [5.41, 5.74) is 0.429. The van der Waals surface area contributed by atoms with Gasteiger partial charge < -0.3 is 10.2 Å². The summed E-state index contributed by atoms with van der Waals surface area (Å²) >= 11 is 0. The lowest BCUT2D eigenvalue weighted by molar-refractivity contribution is 0.161. The molecule has 0 aromatic heterocycles. The minimum Gasteiger partial charge on any atom is -0.307 e. The Labute approximate surface area is 119 Å². The maximum Gasteiger partial charge on any atom is 0.163 e. The van der Waals surface area contributed by atoms with Crippen LogP contribution in [-0.2, 0) is 0 Å². The molecule has 2 aliphatic heterocycles. The van der Waals surface area contributed by atoms with E-state index in [1.165, 1.54) is 25.5 Å². The lowest BCUT2D eigenvalue weighted by atomic mass is 9.96. The first kappa shape index (κ1) is 14.0. The van der Waals surface area contributed by atoms with Crippen LogP contribution in [0.4, 0.5) is 8.78 Å². The van der Waals surface area contributed by atoms with Crippen molar-refractivity contribution in [1.82, 2.24) is 10.2 Å². The molecule has 0 amide bonds. The first-order valence-electron chi connectivity index (χ1n) is 7.59.